The molecule has 0 aromatic rings. The molecule has 0 aliphatic heterocycles. The second kappa shape index (κ2) is 8.96. The van der Waals surface area contributed by atoms with Crippen LogP contribution in [0.5, 0.6) is 0 Å². The number of hydrogen-bond acceptors (Lipinski definition) is 5. The topological polar surface area (TPSA) is 99.9 Å². The van der Waals surface area contributed by atoms with Crippen LogP contribution in [0.2, 0.25) is 0 Å². The van der Waals surface area contributed by atoms with Crippen molar-refractivity contribution in [3.8, 4) is 0 Å². The van der Waals surface area contributed by atoms with Gasteiger partial charge < -0.3 is 21.0 Å². The second-order valence-corrected chi connectivity index (χ2v) is 3.48. The average Bonchev–Trinajstić information content (AvgIpc) is 2.24. The van der Waals surface area contributed by atoms with Gasteiger partial charge in [0.25, 0.3) is 0 Å². The zero-order valence-electron chi connectivity index (χ0n) is 9.94. The molecule has 4 N–H and O–H groups in total. The Labute approximate surface area is 95.9 Å². The average molecular weight is 231 g/mol. The molecule has 0 aromatic heterocycles. The summed E-state index contributed by atoms with van der Waals surface area (Å²) in [6, 6.07) is -0.662. The number of ether oxygens (including phenoxy) is 1. The van der Waals surface area contributed by atoms with Crippen LogP contribution in [0.25, 0.3) is 0 Å². The van der Waals surface area contributed by atoms with Crippen molar-refractivity contribution < 1.29 is 14.4 Å². The number of oxime groups is 1. The largest absolute Gasteiger partial charge is 0.465 e. The molecule has 0 saturated heterocycles. The Kier molecular flexibility index (Phi) is 8.24. The fourth-order valence-electron chi connectivity index (χ4n) is 0.869. The summed E-state index contributed by atoms with van der Waals surface area (Å²) >= 11 is 0. The number of carbonyl (C=O) groups excluding carboxylic acids is 1. The van der Waals surface area contributed by atoms with E-state index < -0.39 is 12.0 Å². The summed E-state index contributed by atoms with van der Waals surface area (Å²) in [5.41, 5.74) is 10.8. The van der Waals surface area contributed by atoms with Crippen LogP contribution >= 0.6 is 0 Å². The molecule has 0 aliphatic carbocycles. The van der Waals surface area contributed by atoms with Crippen molar-refractivity contribution in [2.24, 2.45) is 16.6 Å². The number of hydrogen-bond donors (Lipinski definition) is 2. The highest BCUT2D eigenvalue weighted by Crippen LogP contribution is 1.96. The molecule has 0 rings (SSSR count). The van der Waals surface area contributed by atoms with Crippen LogP contribution in [-0.2, 0) is 14.4 Å². The van der Waals surface area contributed by atoms with Gasteiger partial charge in [-0.25, -0.2) is 0 Å². The maximum Gasteiger partial charge on any atom is 0.323 e. The van der Waals surface area contributed by atoms with Crippen molar-refractivity contribution in [3.05, 3.63) is 0 Å². The lowest BCUT2D eigenvalue weighted by atomic mass is 10.2. The molecule has 0 radical (unpaired) electrons. The smallest absolute Gasteiger partial charge is 0.323 e. The molecule has 0 fully saturated rings. The van der Waals surface area contributed by atoms with Crippen LogP contribution in [0, 0.1) is 0 Å². The van der Waals surface area contributed by atoms with Crippen molar-refractivity contribution >= 4 is 11.8 Å². The summed E-state index contributed by atoms with van der Waals surface area (Å²) in [4.78, 5) is 16.1. The normalized spacial score (nSPS) is 13.3. The summed E-state index contributed by atoms with van der Waals surface area (Å²) in [7, 11) is 0. The predicted molar refractivity (Wildman–Crippen MR) is 61.7 cm³/mol. The summed E-state index contributed by atoms with van der Waals surface area (Å²) in [5, 5.41) is 3.52. The minimum atomic E-state index is -0.662. The number of nitrogens with zero attached hydrogens (tertiary/aromatic N) is 1. The predicted octanol–water partition coefficient (Wildman–Crippen LogP) is 0.356. The van der Waals surface area contributed by atoms with Gasteiger partial charge in [0.2, 0.25) is 0 Å². The minimum absolute atomic E-state index is 0.249. The fourth-order valence-corrected chi connectivity index (χ4v) is 0.869. The van der Waals surface area contributed by atoms with E-state index in [0.29, 0.717) is 18.9 Å². The summed E-state index contributed by atoms with van der Waals surface area (Å²) in [6.07, 6.45) is 2.20. The van der Waals surface area contributed by atoms with Gasteiger partial charge in [-0.2, -0.15) is 0 Å². The number of unbranched alkanes of at least 4 members (excludes halogenated alkanes) is 1. The first-order valence-electron chi connectivity index (χ1n) is 5.42. The van der Waals surface area contributed by atoms with Crippen molar-refractivity contribution in [1.82, 2.24) is 0 Å². The van der Waals surface area contributed by atoms with E-state index >= 15 is 0 Å². The first kappa shape index (κ1) is 14.7. The molecule has 0 aromatic carbocycles. The molecular weight excluding hydrogens is 210 g/mol. The van der Waals surface area contributed by atoms with E-state index in [1.54, 1.807) is 6.92 Å². The van der Waals surface area contributed by atoms with E-state index in [4.69, 9.17) is 21.0 Å². The molecule has 6 heteroatoms. The van der Waals surface area contributed by atoms with Crippen molar-refractivity contribution in [1.29, 1.82) is 0 Å². The van der Waals surface area contributed by atoms with Crippen LogP contribution in [0.15, 0.2) is 5.16 Å². The number of esters is 1. The van der Waals surface area contributed by atoms with Crippen molar-refractivity contribution in [3.63, 3.8) is 0 Å². The fraction of sp³-hybridized carbons (Fsp3) is 0.800. The standard InChI is InChI=1S/C10H21N3O3/c1-3-4-6-15-10(14)9(12)5-7-16-13-8(2)11/h9H,3-7,12H2,1-2H3,(H2,11,13)/t9-/m0/s1. The zero-order chi connectivity index (χ0) is 12.4. The van der Waals surface area contributed by atoms with Gasteiger partial charge in [-0.1, -0.05) is 18.5 Å². The van der Waals surface area contributed by atoms with E-state index in [2.05, 4.69) is 5.16 Å². The van der Waals surface area contributed by atoms with E-state index in [0.717, 1.165) is 12.8 Å². The Hall–Kier alpha value is -1.30. The van der Waals surface area contributed by atoms with Gasteiger partial charge in [0.05, 0.1) is 6.61 Å². The third-order valence-electron chi connectivity index (χ3n) is 1.77. The van der Waals surface area contributed by atoms with Crippen molar-refractivity contribution in [2.45, 2.75) is 39.2 Å². The van der Waals surface area contributed by atoms with E-state index in [-0.39, 0.29) is 6.61 Å². The highest BCUT2D eigenvalue weighted by molar-refractivity contribution is 5.76. The van der Waals surface area contributed by atoms with Crippen molar-refractivity contribution in [2.75, 3.05) is 13.2 Å². The van der Waals surface area contributed by atoms with Crippen LogP contribution in [-0.4, -0.2) is 31.1 Å². The van der Waals surface area contributed by atoms with Gasteiger partial charge in [0.15, 0.2) is 0 Å². The molecule has 1 atom stereocenters. The highest BCUT2D eigenvalue weighted by Gasteiger charge is 2.14. The number of carbonyl (C=O) groups is 1. The quantitative estimate of drug-likeness (QED) is 0.206. The lowest BCUT2D eigenvalue weighted by Gasteiger charge is -2.10. The van der Waals surface area contributed by atoms with Crippen LogP contribution in [0.1, 0.15) is 33.1 Å². The Balaban J connectivity index is 3.59. The molecule has 0 aliphatic rings. The van der Waals surface area contributed by atoms with Gasteiger partial charge in [-0.3, -0.25) is 4.79 Å². The minimum Gasteiger partial charge on any atom is -0.465 e. The van der Waals surface area contributed by atoms with E-state index in [1.165, 1.54) is 0 Å². The number of amidine groups is 1. The highest BCUT2D eigenvalue weighted by atomic mass is 16.6. The molecule has 0 bridgehead atoms. The van der Waals surface area contributed by atoms with E-state index in [9.17, 15) is 4.79 Å². The summed E-state index contributed by atoms with van der Waals surface area (Å²) in [6.45, 7) is 4.30. The molecular formula is C10H21N3O3. The molecule has 0 heterocycles. The second-order valence-electron chi connectivity index (χ2n) is 3.48. The monoisotopic (exact) mass is 231 g/mol. The molecule has 0 amide bonds. The zero-order valence-corrected chi connectivity index (χ0v) is 9.94. The van der Waals surface area contributed by atoms with E-state index in [1.807, 2.05) is 6.92 Å². The summed E-state index contributed by atoms with van der Waals surface area (Å²) < 4.78 is 4.94. The molecule has 0 saturated carbocycles. The lowest BCUT2D eigenvalue weighted by Crippen LogP contribution is -2.33. The van der Waals surface area contributed by atoms with Gasteiger partial charge in [-0.15, -0.1) is 0 Å². The molecule has 6 nitrogen and oxygen atoms in total. The SMILES string of the molecule is CCCCOC(=O)[C@@H](N)CCO/N=C(/C)N. The summed E-state index contributed by atoms with van der Waals surface area (Å²) in [5.74, 6) is -0.0652. The molecule has 0 spiro atoms. The van der Waals surface area contributed by atoms with Gasteiger partial charge in [0.1, 0.15) is 18.5 Å². The molecule has 0 unspecified atom stereocenters. The number of nitrogens with two attached hydrogens (primary N) is 2. The Bertz CT molecular complexity index is 227. The Morgan fingerprint density at radius 2 is 2.12 bits per heavy atom. The first-order chi connectivity index (χ1) is 7.57. The third-order valence-corrected chi connectivity index (χ3v) is 1.77. The van der Waals surface area contributed by atoms with Gasteiger partial charge in [-0.05, 0) is 13.3 Å². The van der Waals surface area contributed by atoms with Crippen LogP contribution in [0.3, 0.4) is 0 Å². The van der Waals surface area contributed by atoms with Crippen LogP contribution in [0.4, 0.5) is 0 Å². The van der Waals surface area contributed by atoms with Crippen LogP contribution < -0.4 is 11.5 Å². The number of rotatable bonds is 8. The Morgan fingerprint density at radius 3 is 2.69 bits per heavy atom. The van der Waals surface area contributed by atoms with Gasteiger partial charge in [0, 0.05) is 6.42 Å². The third kappa shape index (κ3) is 8.05. The first-order valence-corrected chi connectivity index (χ1v) is 5.42. The van der Waals surface area contributed by atoms with Gasteiger partial charge >= 0.3 is 5.97 Å². The maximum atomic E-state index is 11.3. The lowest BCUT2D eigenvalue weighted by molar-refractivity contribution is -0.145. The Morgan fingerprint density at radius 1 is 1.44 bits per heavy atom. The molecule has 16 heavy (non-hydrogen) atoms. The maximum absolute atomic E-state index is 11.3. The molecule has 94 valence electrons.